The lowest BCUT2D eigenvalue weighted by molar-refractivity contribution is 0.0980. The van der Waals surface area contributed by atoms with E-state index in [-0.39, 0.29) is 6.10 Å². The van der Waals surface area contributed by atoms with E-state index in [2.05, 4.69) is 18.7 Å². The molecule has 0 saturated heterocycles. The topological polar surface area (TPSA) is 50.5 Å². The number of rotatable bonds is 10. The Balaban J connectivity index is 2.01. The van der Waals surface area contributed by atoms with Crippen molar-refractivity contribution in [3.05, 3.63) is 70.9 Å². The van der Waals surface area contributed by atoms with Gasteiger partial charge in [-0.2, -0.15) is 5.10 Å². The van der Waals surface area contributed by atoms with E-state index >= 15 is 0 Å². The number of halogens is 1. The van der Waals surface area contributed by atoms with Crippen molar-refractivity contribution in [1.82, 2.24) is 14.7 Å². The molecule has 1 aromatic heterocycles. The normalized spacial score (nSPS) is 12.5. The molecular formula is C25H32ClN3O2. The van der Waals surface area contributed by atoms with Crippen molar-refractivity contribution in [2.45, 2.75) is 46.8 Å². The molecule has 5 nitrogen and oxygen atoms in total. The number of nitrogens with zero attached hydrogens (tertiary/aromatic N) is 3. The summed E-state index contributed by atoms with van der Waals surface area (Å²) in [5, 5.41) is 15.8. The van der Waals surface area contributed by atoms with Gasteiger partial charge in [0.1, 0.15) is 5.75 Å². The van der Waals surface area contributed by atoms with E-state index in [1.54, 1.807) is 0 Å². The molecular weight excluding hydrogens is 410 g/mol. The van der Waals surface area contributed by atoms with Crippen molar-refractivity contribution in [3.63, 3.8) is 0 Å². The number of ether oxygens (including phenoxy) is 1. The van der Waals surface area contributed by atoms with Crippen molar-refractivity contribution in [3.8, 4) is 17.3 Å². The molecule has 31 heavy (non-hydrogen) atoms. The van der Waals surface area contributed by atoms with E-state index in [1.807, 2.05) is 73.1 Å². The molecule has 0 saturated carbocycles. The number of aromatic nitrogens is 2. The third-order valence-electron chi connectivity index (χ3n) is 5.11. The Kier molecular flexibility index (Phi) is 8.13. The lowest BCUT2D eigenvalue weighted by Gasteiger charge is -2.26. The second-order valence-corrected chi connectivity index (χ2v) is 8.76. The summed E-state index contributed by atoms with van der Waals surface area (Å²) in [5.41, 5.74) is 2.86. The highest BCUT2D eigenvalue weighted by Crippen LogP contribution is 2.32. The van der Waals surface area contributed by atoms with Crippen LogP contribution in [0.2, 0.25) is 5.02 Å². The molecule has 3 rings (SSSR count). The molecule has 1 heterocycles. The smallest absolute Gasteiger partial charge is 0.227 e. The fraction of sp³-hybridized carbons (Fsp3) is 0.400. The van der Waals surface area contributed by atoms with E-state index in [0.29, 0.717) is 35.7 Å². The number of aliphatic hydroxyl groups is 1. The van der Waals surface area contributed by atoms with Crippen LogP contribution < -0.4 is 4.74 Å². The maximum absolute atomic E-state index is 10.3. The Bertz CT molecular complexity index is 955. The molecule has 0 bridgehead atoms. The van der Waals surface area contributed by atoms with Gasteiger partial charge in [-0.1, -0.05) is 50.6 Å². The van der Waals surface area contributed by atoms with Crippen LogP contribution in [0.25, 0.3) is 5.69 Å². The average molecular weight is 442 g/mol. The van der Waals surface area contributed by atoms with Crippen LogP contribution in [0.3, 0.4) is 0 Å². The number of benzene rings is 2. The average Bonchev–Trinajstić information content (AvgIpc) is 3.05. The standard InChI is InChI=1S/C25H32ClN3O2/c1-5-22(30)16-28(15-18(2)3)17-24-19(4)27-29(21-9-7-6-8-10-21)25(24)31-23-13-11-20(26)12-14-23/h6-14,18,22,30H,5,15-17H2,1-4H3/t22-/m0/s1. The predicted octanol–water partition coefficient (Wildman–Crippen LogP) is 5.86. The van der Waals surface area contributed by atoms with Crippen LogP contribution in [-0.4, -0.2) is 39.0 Å². The van der Waals surface area contributed by atoms with Gasteiger partial charge in [0.05, 0.1) is 23.0 Å². The van der Waals surface area contributed by atoms with Gasteiger partial charge in [0.2, 0.25) is 5.88 Å². The van der Waals surface area contributed by atoms with Crippen LogP contribution in [0.5, 0.6) is 11.6 Å². The molecule has 0 aliphatic rings. The molecule has 2 aromatic carbocycles. The molecule has 0 unspecified atom stereocenters. The monoisotopic (exact) mass is 441 g/mol. The first-order chi connectivity index (χ1) is 14.9. The molecule has 0 fully saturated rings. The summed E-state index contributed by atoms with van der Waals surface area (Å²) in [6, 6.07) is 17.3. The summed E-state index contributed by atoms with van der Waals surface area (Å²) < 4.78 is 8.21. The fourth-order valence-electron chi connectivity index (χ4n) is 3.55. The summed E-state index contributed by atoms with van der Waals surface area (Å²) in [4.78, 5) is 2.28. The van der Waals surface area contributed by atoms with Crippen LogP contribution in [0.1, 0.15) is 38.4 Å². The lowest BCUT2D eigenvalue weighted by atomic mass is 10.1. The molecule has 0 aliphatic heterocycles. The highest BCUT2D eigenvalue weighted by molar-refractivity contribution is 6.30. The second-order valence-electron chi connectivity index (χ2n) is 8.32. The maximum atomic E-state index is 10.3. The second kappa shape index (κ2) is 10.8. The van der Waals surface area contributed by atoms with E-state index in [9.17, 15) is 5.11 Å². The minimum absolute atomic E-state index is 0.358. The van der Waals surface area contributed by atoms with Gasteiger partial charge in [-0.05, 0) is 55.7 Å². The minimum atomic E-state index is -0.358. The summed E-state index contributed by atoms with van der Waals surface area (Å²) in [6.07, 6.45) is 0.370. The number of hydrogen-bond acceptors (Lipinski definition) is 4. The Morgan fingerprint density at radius 1 is 1.06 bits per heavy atom. The Morgan fingerprint density at radius 2 is 1.74 bits per heavy atom. The van der Waals surface area contributed by atoms with E-state index in [1.165, 1.54) is 0 Å². The molecule has 3 aromatic rings. The quantitative estimate of drug-likeness (QED) is 0.428. The van der Waals surface area contributed by atoms with Gasteiger partial charge in [0, 0.05) is 24.7 Å². The summed E-state index contributed by atoms with van der Waals surface area (Å²) in [5.74, 6) is 1.87. The summed E-state index contributed by atoms with van der Waals surface area (Å²) >= 11 is 6.05. The van der Waals surface area contributed by atoms with Crippen molar-refractivity contribution >= 4 is 11.6 Å². The molecule has 1 atom stereocenters. The van der Waals surface area contributed by atoms with Gasteiger partial charge in [-0.3, -0.25) is 4.90 Å². The predicted molar refractivity (Wildman–Crippen MR) is 126 cm³/mol. The third-order valence-corrected chi connectivity index (χ3v) is 5.36. The maximum Gasteiger partial charge on any atom is 0.227 e. The van der Waals surface area contributed by atoms with E-state index in [4.69, 9.17) is 21.4 Å². The van der Waals surface area contributed by atoms with Gasteiger partial charge >= 0.3 is 0 Å². The minimum Gasteiger partial charge on any atom is -0.439 e. The molecule has 0 spiro atoms. The highest BCUT2D eigenvalue weighted by atomic mass is 35.5. The number of para-hydroxylation sites is 1. The van der Waals surface area contributed by atoms with Gasteiger partial charge in [0.25, 0.3) is 0 Å². The van der Waals surface area contributed by atoms with Crippen molar-refractivity contribution < 1.29 is 9.84 Å². The first-order valence-electron chi connectivity index (χ1n) is 10.8. The van der Waals surface area contributed by atoms with Gasteiger partial charge in [0.15, 0.2) is 0 Å². The van der Waals surface area contributed by atoms with Crippen molar-refractivity contribution in [1.29, 1.82) is 0 Å². The largest absolute Gasteiger partial charge is 0.439 e. The molecule has 0 aliphatic carbocycles. The Hall–Kier alpha value is -2.34. The SMILES string of the molecule is CC[C@H](O)CN(Cc1c(C)nn(-c2ccccc2)c1Oc1ccc(Cl)cc1)CC(C)C. The molecule has 0 amide bonds. The van der Waals surface area contributed by atoms with Gasteiger partial charge in [-0.25, -0.2) is 4.68 Å². The molecule has 0 radical (unpaired) electrons. The Morgan fingerprint density at radius 3 is 2.35 bits per heavy atom. The van der Waals surface area contributed by atoms with Gasteiger partial charge < -0.3 is 9.84 Å². The molecule has 166 valence electrons. The third kappa shape index (κ3) is 6.33. The molecule has 6 heteroatoms. The van der Waals surface area contributed by atoms with Crippen LogP contribution in [0, 0.1) is 12.8 Å². The van der Waals surface area contributed by atoms with E-state index < -0.39 is 0 Å². The number of aliphatic hydroxyl groups excluding tert-OH is 1. The Labute approximate surface area is 190 Å². The zero-order valence-electron chi connectivity index (χ0n) is 18.8. The van der Waals surface area contributed by atoms with Crippen LogP contribution in [0.4, 0.5) is 0 Å². The van der Waals surface area contributed by atoms with Crippen LogP contribution in [-0.2, 0) is 6.54 Å². The number of hydrogen-bond donors (Lipinski definition) is 1. The van der Waals surface area contributed by atoms with E-state index in [0.717, 1.165) is 29.9 Å². The van der Waals surface area contributed by atoms with Crippen LogP contribution in [0.15, 0.2) is 54.6 Å². The fourth-order valence-corrected chi connectivity index (χ4v) is 3.68. The zero-order chi connectivity index (χ0) is 22.4. The number of aryl methyl sites for hydroxylation is 1. The summed E-state index contributed by atoms with van der Waals surface area (Å²) in [6.45, 7) is 10.5. The lowest BCUT2D eigenvalue weighted by Crippen LogP contribution is -2.34. The first-order valence-corrected chi connectivity index (χ1v) is 11.2. The van der Waals surface area contributed by atoms with Gasteiger partial charge in [-0.15, -0.1) is 0 Å². The van der Waals surface area contributed by atoms with Crippen LogP contribution >= 0.6 is 11.6 Å². The molecule has 1 N–H and O–H groups in total. The van der Waals surface area contributed by atoms with Crippen molar-refractivity contribution in [2.24, 2.45) is 5.92 Å². The highest BCUT2D eigenvalue weighted by Gasteiger charge is 2.22. The zero-order valence-corrected chi connectivity index (χ0v) is 19.5. The van der Waals surface area contributed by atoms with Crippen molar-refractivity contribution in [2.75, 3.05) is 13.1 Å². The summed E-state index contributed by atoms with van der Waals surface area (Å²) in [7, 11) is 0. The first kappa shape index (κ1) is 23.3.